The molecule has 0 aliphatic heterocycles. The van der Waals surface area contributed by atoms with Crippen LogP contribution in [0, 0.1) is 0 Å². The second-order valence-electron chi connectivity index (χ2n) is 6.51. The molecule has 2 aromatic heterocycles. The number of imidazole rings is 1. The molecule has 152 valence electrons. The van der Waals surface area contributed by atoms with Crippen molar-refractivity contribution in [2.45, 2.75) is 19.9 Å². The highest BCUT2D eigenvalue weighted by Gasteiger charge is 2.16. The van der Waals surface area contributed by atoms with E-state index in [0.29, 0.717) is 17.9 Å². The fraction of sp³-hybridized carbons (Fsp3) is 0.316. The summed E-state index contributed by atoms with van der Waals surface area (Å²) in [7, 11) is 2.88. The first-order valence-electron chi connectivity index (χ1n) is 9.01. The average Bonchev–Trinajstić information content (AvgIpc) is 3.12. The lowest BCUT2D eigenvalue weighted by atomic mass is 10.2. The number of ether oxygens (including phenoxy) is 1. The molecule has 0 aliphatic rings. The standard InChI is InChI=1S/C19H21N5O5/c1-4-9-29-18(27)12-5-7-13(8-6-12)21-14(25)10-24-11-20-16-15(24)17(26)23(3)19(28)22(16)2/h5-8,11H,4,9-10H2,1-3H3,(H,21,25). The topological polar surface area (TPSA) is 117 Å². The lowest BCUT2D eigenvalue weighted by Crippen LogP contribution is -2.37. The van der Waals surface area contributed by atoms with Crippen molar-refractivity contribution in [2.24, 2.45) is 14.1 Å². The van der Waals surface area contributed by atoms with Gasteiger partial charge in [-0.1, -0.05) is 6.92 Å². The highest BCUT2D eigenvalue weighted by atomic mass is 16.5. The number of aromatic nitrogens is 4. The molecule has 3 aromatic rings. The quantitative estimate of drug-likeness (QED) is 0.608. The SMILES string of the molecule is CCCOC(=O)c1ccc(NC(=O)Cn2cnc3c2c(=O)n(C)c(=O)n3C)cc1. The highest BCUT2D eigenvalue weighted by Crippen LogP contribution is 2.12. The van der Waals surface area contributed by atoms with Crippen LogP contribution in [0.15, 0.2) is 40.2 Å². The van der Waals surface area contributed by atoms with E-state index in [9.17, 15) is 19.2 Å². The number of benzene rings is 1. The van der Waals surface area contributed by atoms with E-state index in [2.05, 4.69) is 10.3 Å². The van der Waals surface area contributed by atoms with Gasteiger partial charge in [0, 0.05) is 19.8 Å². The zero-order valence-corrected chi connectivity index (χ0v) is 16.3. The maximum Gasteiger partial charge on any atom is 0.338 e. The molecular formula is C19H21N5O5. The minimum atomic E-state index is -0.525. The Labute approximate surface area is 165 Å². The number of amides is 1. The predicted octanol–water partition coefficient (Wildman–Crippen LogP) is 0.639. The molecule has 0 saturated carbocycles. The molecule has 0 radical (unpaired) electrons. The van der Waals surface area contributed by atoms with E-state index in [0.717, 1.165) is 11.0 Å². The van der Waals surface area contributed by atoms with Crippen LogP contribution in [0.5, 0.6) is 0 Å². The number of rotatable bonds is 6. The molecule has 0 spiro atoms. The number of aryl methyl sites for hydroxylation is 1. The first-order valence-corrected chi connectivity index (χ1v) is 9.01. The van der Waals surface area contributed by atoms with Crippen LogP contribution in [0.1, 0.15) is 23.7 Å². The third kappa shape index (κ3) is 3.96. The molecular weight excluding hydrogens is 378 g/mol. The number of anilines is 1. The molecule has 0 aliphatic carbocycles. The minimum Gasteiger partial charge on any atom is -0.462 e. The van der Waals surface area contributed by atoms with Crippen LogP contribution in [-0.4, -0.2) is 37.2 Å². The van der Waals surface area contributed by atoms with Crippen molar-refractivity contribution in [3.63, 3.8) is 0 Å². The Bertz CT molecular complexity index is 1190. The summed E-state index contributed by atoms with van der Waals surface area (Å²) < 4.78 is 8.67. The van der Waals surface area contributed by atoms with E-state index in [1.165, 1.54) is 29.6 Å². The molecule has 29 heavy (non-hydrogen) atoms. The maximum absolute atomic E-state index is 12.4. The Balaban J connectivity index is 1.76. The van der Waals surface area contributed by atoms with Crippen molar-refractivity contribution in [2.75, 3.05) is 11.9 Å². The zero-order valence-electron chi connectivity index (χ0n) is 16.3. The van der Waals surface area contributed by atoms with Gasteiger partial charge in [0.15, 0.2) is 11.2 Å². The predicted molar refractivity (Wildman–Crippen MR) is 106 cm³/mol. The number of nitrogens with zero attached hydrogens (tertiary/aromatic N) is 4. The van der Waals surface area contributed by atoms with Crippen LogP contribution in [0.2, 0.25) is 0 Å². The minimum absolute atomic E-state index is 0.162. The van der Waals surface area contributed by atoms with Crippen molar-refractivity contribution < 1.29 is 14.3 Å². The molecule has 3 rings (SSSR count). The number of hydrogen-bond donors (Lipinski definition) is 1. The first-order chi connectivity index (χ1) is 13.8. The van der Waals surface area contributed by atoms with Crippen LogP contribution in [0.25, 0.3) is 11.2 Å². The fourth-order valence-corrected chi connectivity index (χ4v) is 2.84. The third-order valence-corrected chi connectivity index (χ3v) is 4.37. The van der Waals surface area contributed by atoms with Crippen LogP contribution in [-0.2, 0) is 30.2 Å². The number of esters is 1. The lowest BCUT2D eigenvalue weighted by Gasteiger charge is -2.08. The Kier molecular flexibility index (Phi) is 5.62. The van der Waals surface area contributed by atoms with E-state index in [1.54, 1.807) is 24.3 Å². The first kappa shape index (κ1) is 20.1. The molecule has 10 heteroatoms. The zero-order chi connectivity index (χ0) is 21.1. The van der Waals surface area contributed by atoms with Crippen LogP contribution in [0.3, 0.4) is 0 Å². The summed E-state index contributed by atoms with van der Waals surface area (Å²) in [5.74, 6) is -0.808. The summed E-state index contributed by atoms with van der Waals surface area (Å²) in [6.07, 6.45) is 2.08. The summed E-state index contributed by atoms with van der Waals surface area (Å²) in [5.41, 5.74) is 0.242. The second kappa shape index (κ2) is 8.13. The second-order valence-corrected chi connectivity index (χ2v) is 6.51. The number of carbonyl (C=O) groups excluding carboxylic acids is 2. The van der Waals surface area contributed by atoms with E-state index >= 15 is 0 Å². The summed E-state index contributed by atoms with van der Waals surface area (Å²) in [6.45, 7) is 2.09. The normalized spacial score (nSPS) is 10.9. The van der Waals surface area contributed by atoms with Gasteiger partial charge in [-0.2, -0.15) is 0 Å². The van der Waals surface area contributed by atoms with Gasteiger partial charge >= 0.3 is 11.7 Å². The van der Waals surface area contributed by atoms with Gasteiger partial charge in [-0.05, 0) is 30.7 Å². The van der Waals surface area contributed by atoms with Crippen LogP contribution < -0.4 is 16.6 Å². The van der Waals surface area contributed by atoms with Crippen molar-refractivity contribution in [3.05, 3.63) is 57.0 Å². The molecule has 0 bridgehead atoms. The van der Waals surface area contributed by atoms with Crippen molar-refractivity contribution in [1.82, 2.24) is 18.7 Å². The molecule has 1 amide bonds. The van der Waals surface area contributed by atoms with E-state index in [-0.39, 0.29) is 23.6 Å². The molecule has 1 aromatic carbocycles. The van der Waals surface area contributed by atoms with Gasteiger partial charge in [0.05, 0.1) is 18.5 Å². The van der Waals surface area contributed by atoms with Crippen molar-refractivity contribution in [3.8, 4) is 0 Å². The van der Waals surface area contributed by atoms with Gasteiger partial charge in [-0.25, -0.2) is 14.6 Å². The van der Waals surface area contributed by atoms with Gasteiger partial charge in [0.1, 0.15) is 6.54 Å². The lowest BCUT2D eigenvalue weighted by molar-refractivity contribution is -0.116. The highest BCUT2D eigenvalue weighted by molar-refractivity contribution is 5.93. The smallest absolute Gasteiger partial charge is 0.338 e. The fourth-order valence-electron chi connectivity index (χ4n) is 2.84. The van der Waals surface area contributed by atoms with Crippen molar-refractivity contribution >= 4 is 28.7 Å². The molecule has 0 fully saturated rings. The Morgan fingerprint density at radius 3 is 2.45 bits per heavy atom. The molecule has 0 unspecified atom stereocenters. The van der Waals surface area contributed by atoms with Crippen LogP contribution >= 0.6 is 0 Å². The van der Waals surface area contributed by atoms with Gasteiger partial charge in [0.2, 0.25) is 5.91 Å². The molecule has 10 nitrogen and oxygen atoms in total. The Hall–Kier alpha value is -3.69. The van der Waals surface area contributed by atoms with E-state index in [1.807, 2.05) is 6.92 Å². The third-order valence-electron chi connectivity index (χ3n) is 4.37. The Morgan fingerprint density at radius 1 is 1.10 bits per heavy atom. The number of nitrogens with one attached hydrogen (secondary N) is 1. The number of fused-ring (bicyclic) bond motifs is 1. The number of carbonyl (C=O) groups is 2. The summed E-state index contributed by atoms with van der Waals surface area (Å²) >= 11 is 0. The van der Waals surface area contributed by atoms with E-state index < -0.39 is 17.2 Å². The Morgan fingerprint density at radius 2 is 1.79 bits per heavy atom. The molecule has 0 atom stereocenters. The summed E-state index contributed by atoms with van der Waals surface area (Å²) in [4.78, 5) is 52.7. The monoisotopic (exact) mass is 399 g/mol. The summed E-state index contributed by atoms with van der Waals surface area (Å²) in [6, 6.07) is 6.31. The van der Waals surface area contributed by atoms with E-state index in [4.69, 9.17) is 4.74 Å². The largest absolute Gasteiger partial charge is 0.462 e. The maximum atomic E-state index is 12.4. The van der Waals surface area contributed by atoms with Crippen molar-refractivity contribution in [1.29, 1.82) is 0 Å². The van der Waals surface area contributed by atoms with Gasteiger partial charge < -0.3 is 14.6 Å². The van der Waals surface area contributed by atoms with Gasteiger partial charge in [0.25, 0.3) is 5.56 Å². The van der Waals surface area contributed by atoms with Crippen LogP contribution in [0.4, 0.5) is 5.69 Å². The average molecular weight is 399 g/mol. The van der Waals surface area contributed by atoms with Gasteiger partial charge in [-0.3, -0.25) is 18.7 Å². The molecule has 1 N–H and O–H groups in total. The van der Waals surface area contributed by atoms with Gasteiger partial charge in [-0.15, -0.1) is 0 Å². The molecule has 2 heterocycles. The molecule has 0 saturated heterocycles. The number of hydrogen-bond acceptors (Lipinski definition) is 6. The summed E-state index contributed by atoms with van der Waals surface area (Å²) in [5, 5.41) is 2.70.